The van der Waals surface area contributed by atoms with Gasteiger partial charge in [-0.05, 0) is 30.3 Å². The fourth-order valence-corrected chi connectivity index (χ4v) is 4.60. The molecule has 5 rings (SSSR count). The molecule has 2 saturated heterocycles. The number of aromatic amines is 1. The number of carbonyl (C=O) groups excluding carboxylic acids is 1. The fourth-order valence-electron chi connectivity index (χ4n) is 4.60. The minimum atomic E-state index is -0.523. The van der Waals surface area contributed by atoms with Crippen LogP contribution < -0.4 is 26.4 Å². The second kappa shape index (κ2) is 10.3. The summed E-state index contributed by atoms with van der Waals surface area (Å²) in [6.07, 6.45) is 0.0870. The zero-order chi connectivity index (χ0) is 24.2. The average molecular weight is 480 g/mol. The van der Waals surface area contributed by atoms with E-state index in [1.165, 1.54) is 4.57 Å². The second-order valence-electron chi connectivity index (χ2n) is 8.63. The van der Waals surface area contributed by atoms with Crippen molar-refractivity contribution in [2.24, 2.45) is 0 Å². The van der Waals surface area contributed by atoms with Crippen LogP contribution in [0.3, 0.4) is 0 Å². The lowest BCUT2D eigenvalue weighted by atomic mass is 10.1. The number of hydrogen-bond donors (Lipinski definition) is 2. The van der Waals surface area contributed by atoms with Gasteiger partial charge < -0.3 is 24.6 Å². The molecule has 1 amide bonds. The fraction of sp³-hybridized carbons (Fsp3) is 0.400. The van der Waals surface area contributed by atoms with Crippen molar-refractivity contribution in [3.05, 3.63) is 63.3 Å². The highest BCUT2D eigenvalue weighted by atomic mass is 16.5. The smallest absolute Gasteiger partial charge is 0.328 e. The Hall–Kier alpha value is -3.63. The van der Waals surface area contributed by atoms with Crippen LogP contribution in [-0.2, 0) is 20.8 Å². The second-order valence-corrected chi connectivity index (χ2v) is 8.63. The van der Waals surface area contributed by atoms with E-state index in [4.69, 9.17) is 9.47 Å². The molecule has 0 radical (unpaired) electrons. The van der Waals surface area contributed by atoms with Crippen LogP contribution in [0.2, 0.25) is 0 Å². The van der Waals surface area contributed by atoms with E-state index >= 15 is 0 Å². The van der Waals surface area contributed by atoms with Crippen LogP contribution in [0.1, 0.15) is 6.42 Å². The molecule has 2 aliphatic heterocycles. The van der Waals surface area contributed by atoms with Gasteiger partial charge in [-0.25, -0.2) is 4.79 Å². The number of H-pyrrole nitrogens is 1. The van der Waals surface area contributed by atoms with Gasteiger partial charge in [0, 0.05) is 44.8 Å². The van der Waals surface area contributed by atoms with Crippen LogP contribution in [-0.4, -0.2) is 68.1 Å². The normalized spacial score (nSPS) is 16.5. The molecule has 0 saturated carbocycles. The molecule has 3 aromatic rings. The number of ether oxygens (including phenoxy) is 2. The third kappa shape index (κ3) is 5.08. The van der Waals surface area contributed by atoms with E-state index < -0.39 is 11.2 Å². The van der Waals surface area contributed by atoms with Crippen molar-refractivity contribution in [3.8, 4) is 0 Å². The summed E-state index contributed by atoms with van der Waals surface area (Å²) >= 11 is 0. The Morgan fingerprint density at radius 1 is 0.914 bits per heavy atom. The Morgan fingerprint density at radius 2 is 1.60 bits per heavy atom. The van der Waals surface area contributed by atoms with Crippen LogP contribution in [0.15, 0.2) is 52.1 Å². The number of anilines is 3. The molecular weight excluding hydrogens is 450 g/mol. The molecule has 10 nitrogen and oxygen atoms in total. The van der Waals surface area contributed by atoms with E-state index in [0.29, 0.717) is 37.3 Å². The van der Waals surface area contributed by atoms with Crippen LogP contribution in [0.5, 0.6) is 0 Å². The first-order valence-corrected chi connectivity index (χ1v) is 11.9. The minimum Gasteiger partial charge on any atom is -0.378 e. The van der Waals surface area contributed by atoms with Crippen molar-refractivity contribution < 1.29 is 14.3 Å². The number of morpholine rings is 2. The lowest BCUT2D eigenvalue weighted by molar-refractivity contribution is -0.116. The Kier molecular flexibility index (Phi) is 6.82. The van der Waals surface area contributed by atoms with Crippen LogP contribution in [0, 0.1) is 0 Å². The summed E-state index contributed by atoms with van der Waals surface area (Å²) in [6.45, 7) is 5.97. The third-order valence-electron chi connectivity index (χ3n) is 6.45. The van der Waals surface area contributed by atoms with Crippen molar-refractivity contribution in [2.75, 3.05) is 67.7 Å². The van der Waals surface area contributed by atoms with Crippen molar-refractivity contribution in [1.29, 1.82) is 0 Å². The number of aromatic nitrogens is 2. The number of nitrogens with one attached hydrogen (secondary N) is 2. The largest absolute Gasteiger partial charge is 0.378 e. The molecule has 10 heteroatoms. The third-order valence-corrected chi connectivity index (χ3v) is 6.45. The highest BCUT2D eigenvalue weighted by molar-refractivity contribution is 5.95. The van der Waals surface area contributed by atoms with E-state index in [9.17, 15) is 14.4 Å². The molecule has 0 atom stereocenters. The molecular formula is C25H29N5O5. The lowest BCUT2D eigenvalue weighted by Gasteiger charge is -2.33. The zero-order valence-electron chi connectivity index (χ0n) is 19.5. The summed E-state index contributed by atoms with van der Waals surface area (Å²) in [5.74, 6) is -0.208. The number of rotatable bonds is 6. The molecule has 35 heavy (non-hydrogen) atoms. The number of aryl methyl sites for hydroxylation is 1. The topological polar surface area (TPSA) is 109 Å². The maximum Gasteiger partial charge on any atom is 0.328 e. The predicted molar refractivity (Wildman–Crippen MR) is 135 cm³/mol. The first-order chi connectivity index (χ1) is 17.1. The number of carbonyl (C=O) groups is 1. The minimum absolute atomic E-state index is 0.0870. The summed E-state index contributed by atoms with van der Waals surface area (Å²) in [5.41, 5.74) is 2.34. The van der Waals surface area contributed by atoms with Gasteiger partial charge in [0.1, 0.15) is 0 Å². The van der Waals surface area contributed by atoms with Crippen molar-refractivity contribution in [3.63, 3.8) is 0 Å². The average Bonchev–Trinajstić information content (AvgIpc) is 2.90. The van der Waals surface area contributed by atoms with Gasteiger partial charge in [-0.2, -0.15) is 0 Å². The Balaban J connectivity index is 1.35. The van der Waals surface area contributed by atoms with Crippen molar-refractivity contribution in [2.45, 2.75) is 13.0 Å². The highest BCUT2D eigenvalue weighted by Gasteiger charge is 2.20. The van der Waals surface area contributed by atoms with Gasteiger partial charge in [-0.1, -0.05) is 12.1 Å². The Morgan fingerprint density at radius 3 is 2.34 bits per heavy atom. The first-order valence-electron chi connectivity index (χ1n) is 11.9. The van der Waals surface area contributed by atoms with E-state index in [-0.39, 0.29) is 18.9 Å². The molecule has 3 heterocycles. The summed E-state index contributed by atoms with van der Waals surface area (Å²) < 4.78 is 12.4. The quantitative estimate of drug-likeness (QED) is 0.550. The SMILES string of the molecule is O=C(CCn1c(=O)[nH]c(=O)c2ccccc21)Nc1ccc(N2CCOCC2)cc1N1CCOCC1. The van der Waals surface area contributed by atoms with Crippen LogP contribution >= 0.6 is 0 Å². The summed E-state index contributed by atoms with van der Waals surface area (Å²) in [5, 5.41) is 3.45. The predicted octanol–water partition coefficient (Wildman–Crippen LogP) is 1.39. The Labute approximate surface area is 202 Å². The molecule has 2 fully saturated rings. The standard InChI is InChI=1S/C25H29N5O5/c31-23(7-8-30-21-4-2-1-3-19(21)24(32)27-25(30)33)26-20-6-5-18(28-9-13-34-14-10-28)17-22(20)29-11-15-35-16-12-29/h1-6,17H,7-16H2,(H,26,31)(H,27,32,33). The monoisotopic (exact) mass is 479 g/mol. The van der Waals surface area contributed by atoms with Gasteiger partial charge in [0.25, 0.3) is 5.56 Å². The molecule has 2 N–H and O–H groups in total. The molecule has 0 bridgehead atoms. The molecule has 0 aliphatic carbocycles. The number of fused-ring (bicyclic) bond motifs is 1. The van der Waals surface area contributed by atoms with Gasteiger partial charge in [0.2, 0.25) is 5.91 Å². The molecule has 0 unspecified atom stereocenters. The van der Waals surface area contributed by atoms with Gasteiger partial charge in [-0.3, -0.25) is 19.1 Å². The zero-order valence-corrected chi connectivity index (χ0v) is 19.5. The maximum atomic E-state index is 13.0. The summed E-state index contributed by atoms with van der Waals surface area (Å²) in [6, 6.07) is 13.0. The molecule has 0 spiro atoms. The number of amides is 1. The van der Waals surface area contributed by atoms with Crippen LogP contribution in [0.4, 0.5) is 17.1 Å². The number of para-hydroxylation sites is 1. The van der Waals surface area contributed by atoms with E-state index in [0.717, 1.165) is 43.2 Å². The highest BCUT2D eigenvalue weighted by Crippen LogP contribution is 2.32. The van der Waals surface area contributed by atoms with Crippen molar-refractivity contribution in [1.82, 2.24) is 9.55 Å². The summed E-state index contributed by atoms with van der Waals surface area (Å²) in [7, 11) is 0. The molecule has 1 aromatic heterocycles. The van der Waals surface area contributed by atoms with E-state index in [1.807, 2.05) is 12.1 Å². The van der Waals surface area contributed by atoms with E-state index in [2.05, 4.69) is 26.2 Å². The molecule has 2 aromatic carbocycles. The van der Waals surface area contributed by atoms with Gasteiger partial charge >= 0.3 is 5.69 Å². The van der Waals surface area contributed by atoms with Crippen LogP contribution in [0.25, 0.3) is 10.9 Å². The van der Waals surface area contributed by atoms with Gasteiger partial charge in [-0.15, -0.1) is 0 Å². The Bertz CT molecular complexity index is 1320. The maximum absolute atomic E-state index is 13.0. The number of benzene rings is 2. The van der Waals surface area contributed by atoms with Gasteiger partial charge in [0.05, 0.1) is 48.7 Å². The lowest BCUT2D eigenvalue weighted by Crippen LogP contribution is -2.38. The summed E-state index contributed by atoms with van der Waals surface area (Å²) in [4.78, 5) is 44.3. The van der Waals surface area contributed by atoms with Gasteiger partial charge in [0.15, 0.2) is 0 Å². The molecule has 184 valence electrons. The number of nitrogens with zero attached hydrogens (tertiary/aromatic N) is 3. The molecule has 2 aliphatic rings. The first kappa shape index (κ1) is 23.1. The van der Waals surface area contributed by atoms with E-state index in [1.54, 1.807) is 24.3 Å². The number of hydrogen-bond acceptors (Lipinski definition) is 7. The van der Waals surface area contributed by atoms with Crippen molar-refractivity contribution >= 4 is 33.9 Å².